The Hall–Kier alpha value is 0.430. The van der Waals surface area contributed by atoms with Gasteiger partial charge in [-0.15, -0.1) is 0 Å². The molecule has 0 saturated carbocycles. The zero-order chi connectivity index (χ0) is 4.99. The van der Waals surface area contributed by atoms with Crippen LogP contribution in [0.3, 0.4) is 0 Å². The Morgan fingerprint density at radius 1 is 1.86 bits per heavy atom. The van der Waals surface area contributed by atoms with Gasteiger partial charge < -0.3 is 9.84 Å². The van der Waals surface area contributed by atoms with Gasteiger partial charge in [0, 0.05) is 36.7 Å². The molecule has 0 bridgehead atoms. The van der Waals surface area contributed by atoms with Crippen molar-refractivity contribution in [3.63, 3.8) is 0 Å². The van der Waals surface area contributed by atoms with E-state index in [1.807, 2.05) is 0 Å². The molecule has 7 heavy (non-hydrogen) atoms. The predicted molar refractivity (Wildman–Crippen MR) is 25.3 cm³/mol. The first kappa shape index (κ1) is 10.4. The maximum Gasteiger partial charge on any atom is 0.329 e. The van der Waals surface area contributed by atoms with Crippen LogP contribution in [0.1, 0.15) is 0 Å². The van der Waals surface area contributed by atoms with Gasteiger partial charge in [0.05, 0.1) is 0 Å². The molecule has 0 unspecified atom stereocenters. The summed E-state index contributed by atoms with van der Waals surface area (Å²) >= 11 is 0. The summed E-state index contributed by atoms with van der Waals surface area (Å²) in [6, 6.07) is 0. The Labute approximate surface area is 64.0 Å². The second-order valence-electron chi connectivity index (χ2n) is 0.827. The molecule has 0 aliphatic rings. The largest absolute Gasteiger partial charge is 0.480 e. The molecule has 0 spiro atoms. The molecule has 0 heterocycles. The van der Waals surface area contributed by atoms with Crippen LogP contribution in [0.15, 0.2) is 0 Å². The number of hydrogen-bond donors (Lipinski definition) is 1. The summed E-state index contributed by atoms with van der Waals surface area (Å²) in [5, 5.41) is 7.79. The minimum atomic E-state index is -0.933. The molecule has 1 N–H and O–H groups in total. The topological polar surface area (TPSA) is 46.5 Å². The maximum absolute atomic E-state index is 9.47. The van der Waals surface area contributed by atoms with Crippen LogP contribution in [-0.2, 0) is 9.53 Å². The normalized spacial score (nSPS) is 7.00. The SMILES string of the molecule is COCC(=O)O.[Na]. The van der Waals surface area contributed by atoms with Crippen molar-refractivity contribution >= 4 is 35.5 Å². The summed E-state index contributed by atoms with van der Waals surface area (Å²) in [5.41, 5.74) is 0. The van der Waals surface area contributed by atoms with E-state index >= 15 is 0 Å². The molecule has 0 rings (SSSR count). The van der Waals surface area contributed by atoms with Crippen LogP contribution >= 0.6 is 0 Å². The minimum absolute atomic E-state index is 0. The van der Waals surface area contributed by atoms with Crippen LogP contribution < -0.4 is 0 Å². The molecule has 0 fully saturated rings. The van der Waals surface area contributed by atoms with Crippen LogP contribution in [0.4, 0.5) is 0 Å². The number of rotatable bonds is 2. The maximum atomic E-state index is 9.47. The Morgan fingerprint density at radius 2 is 2.29 bits per heavy atom. The first-order valence-corrected chi connectivity index (χ1v) is 1.48. The van der Waals surface area contributed by atoms with Crippen LogP contribution in [0.2, 0.25) is 0 Å². The van der Waals surface area contributed by atoms with Crippen molar-refractivity contribution in [1.82, 2.24) is 0 Å². The number of hydrogen-bond acceptors (Lipinski definition) is 2. The summed E-state index contributed by atoms with van der Waals surface area (Å²) in [6.07, 6.45) is 0. The van der Waals surface area contributed by atoms with Gasteiger partial charge in [-0.05, 0) is 0 Å². The second-order valence-corrected chi connectivity index (χ2v) is 0.827. The number of carboxylic acid groups (broad SMARTS) is 1. The van der Waals surface area contributed by atoms with Crippen molar-refractivity contribution in [1.29, 1.82) is 0 Å². The van der Waals surface area contributed by atoms with Crippen molar-refractivity contribution in [3.8, 4) is 0 Å². The van der Waals surface area contributed by atoms with Crippen molar-refractivity contribution < 1.29 is 14.6 Å². The van der Waals surface area contributed by atoms with Gasteiger partial charge in [0.25, 0.3) is 0 Å². The van der Waals surface area contributed by atoms with Gasteiger partial charge in [-0.2, -0.15) is 0 Å². The first-order chi connectivity index (χ1) is 2.77. The number of carboxylic acids is 1. The molecule has 0 aromatic heterocycles. The molecule has 0 saturated heterocycles. The molecule has 0 amide bonds. The number of methoxy groups -OCH3 is 1. The first-order valence-electron chi connectivity index (χ1n) is 1.48. The predicted octanol–water partition coefficient (Wildman–Crippen LogP) is -0.663. The van der Waals surface area contributed by atoms with E-state index in [0.29, 0.717) is 0 Å². The van der Waals surface area contributed by atoms with E-state index in [9.17, 15) is 4.79 Å². The molecule has 0 aliphatic carbocycles. The standard InChI is InChI=1S/C3H6O3.Na/c1-6-2-3(4)5;/h2H2,1H3,(H,4,5);. The van der Waals surface area contributed by atoms with E-state index in [4.69, 9.17) is 5.11 Å². The van der Waals surface area contributed by atoms with Gasteiger partial charge in [0.1, 0.15) is 6.61 Å². The summed E-state index contributed by atoms with van der Waals surface area (Å²) in [5.74, 6) is -0.933. The van der Waals surface area contributed by atoms with E-state index < -0.39 is 5.97 Å². The van der Waals surface area contributed by atoms with Gasteiger partial charge in [-0.3, -0.25) is 0 Å². The zero-order valence-electron chi connectivity index (χ0n) is 4.47. The van der Waals surface area contributed by atoms with Crippen molar-refractivity contribution in [3.05, 3.63) is 0 Å². The molecule has 0 aromatic carbocycles. The average Bonchev–Trinajstić information content (AvgIpc) is 1.35. The summed E-state index contributed by atoms with van der Waals surface area (Å²) in [4.78, 5) is 9.47. The smallest absolute Gasteiger partial charge is 0.329 e. The van der Waals surface area contributed by atoms with E-state index in [-0.39, 0.29) is 36.2 Å². The van der Waals surface area contributed by atoms with Crippen LogP contribution in [0.25, 0.3) is 0 Å². The van der Waals surface area contributed by atoms with Gasteiger partial charge in [0.15, 0.2) is 0 Å². The third-order valence-electron chi connectivity index (χ3n) is 0.268. The molecule has 3 nitrogen and oxygen atoms in total. The third kappa shape index (κ3) is 10.7. The molecular formula is C3H6NaO3. The summed E-state index contributed by atoms with van der Waals surface area (Å²) < 4.78 is 4.20. The Kier molecular flexibility index (Phi) is 9.57. The number of ether oxygens (including phenoxy) is 1. The summed E-state index contributed by atoms with van der Waals surface area (Å²) in [6.45, 7) is -0.208. The van der Waals surface area contributed by atoms with Crippen molar-refractivity contribution in [2.24, 2.45) is 0 Å². The molecule has 0 aromatic rings. The fourth-order valence-electron chi connectivity index (χ4n) is 0.123. The van der Waals surface area contributed by atoms with E-state index in [0.717, 1.165) is 0 Å². The molecule has 4 heteroatoms. The molecule has 37 valence electrons. The Morgan fingerprint density at radius 3 is 2.29 bits per heavy atom. The van der Waals surface area contributed by atoms with E-state index in [1.165, 1.54) is 7.11 Å². The Bertz CT molecular complexity index is 54.1. The monoisotopic (exact) mass is 113 g/mol. The van der Waals surface area contributed by atoms with Crippen molar-refractivity contribution in [2.45, 2.75) is 0 Å². The Balaban J connectivity index is 0. The molecule has 1 radical (unpaired) electrons. The quantitative estimate of drug-likeness (QED) is 0.483. The molecule has 0 atom stereocenters. The number of aliphatic carboxylic acids is 1. The van der Waals surface area contributed by atoms with E-state index in [1.54, 1.807) is 0 Å². The van der Waals surface area contributed by atoms with E-state index in [2.05, 4.69) is 4.74 Å². The second kappa shape index (κ2) is 6.43. The zero-order valence-corrected chi connectivity index (χ0v) is 6.47. The van der Waals surface area contributed by atoms with Gasteiger partial charge in [-0.1, -0.05) is 0 Å². The fraction of sp³-hybridized carbons (Fsp3) is 0.667. The van der Waals surface area contributed by atoms with Crippen LogP contribution in [0.5, 0.6) is 0 Å². The van der Waals surface area contributed by atoms with Crippen LogP contribution in [-0.4, -0.2) is 54.3 Å². The van der Waals surface area contributed by atoms with Gasteiger partial charge >= 0.3 is 5.97 Å². The average molecular weight is 113 g/mol. The third-order valence-corrected chi connectivity index (χ3v) is 0.268. The summed E-state index contributed by atoms with van der Waals surface area (Å²) in [7, 11) is 1.34. The fourth-order valence-corrected chi connectivity index (χ4v) is 0.123. The van der Waals surface area contributed by atoms with Gasteiger partial charge in [-0.25, -0.2) is 4.79 Å². The van der Waals surface area contributed by atoms with Gasteiger partial charge in [0.2, 0.25) is 0 Å². The number of carbonyl (C=O) groups is 1. The molecule has 0 aliphatic heterocycles. The minimum Gasteiger partial charge on any atom is -0.480 e. The molecular weight excluding hydrogens is 107 g/mol. The van der Waals surface area contributed by atoms with Crippen molar-refractivity contribution in [2.75, 3.05) is 13.7 Å². The van der Waals surface area contributed by atoms with Crippen LogP contribution in [0, 0.1) is 0 Å².